The zero-order valence-corrected chi connectivity index (χ0v) is 18.7. The first kappa shape index (κ1) is 22.5. The van der Waals surface area contributed by atoms with Crippen molar-refractivity contribution in [1.29, 1.82) is 0 Å². The number of hydrogen-bond donors (Lipinski definition) is 1. The van der Waals surface area contributed by atoms with Crippen LogP contribution in [0.2, 0.25) is 5.02 Å². The number of fused-ring (bicyclic) bond motifs is 1. The summed E-state index contributed by atoms with van der Waals surface area (Å²) >= 11 is 6.29. The van der Waals surface area contributed by atoms with E-state index < -0.39 is 23.3 Å². The third kappa shape index (κ3) is 3.99. The first-order valence-electron chi connectivity index (χ1n) is 10.2. The number of halogens is 4. The normalized spacial score (nSPS) is 11.8. The van der Waals surface area contributed by atoms with E-state index in [4.69, 9.17) is 11.6 Å². The highest BCUT2D eigenvalue weighted by Gasteiger charge is 2.41. The number of amides is 1. The first-order chi connectivity index (χ1) is 16.8. The number of anilines is 1. The monoisotopic (exact) mass is 501 g/mol. The molecule has 0 aliphatic rings. The number of imidazole rings is 1. The fourth-order valence-corrected chi connectivity index (χ4v) is 3.84. The Morgan fingerprint density at radius 1 is 1.14 bits per heavy atom. The molecule has 5 aromatic heterocycles. The van der Waals surface area contributed by atoms with Gasteiger partial charge < -0.3 is 5.32 Å². The minimum absolute atomic E-state index is 0.0707. The summed E-state index contributed by atoms with van der Waals surface area (Å²) in [5, 5.41) is 14.4. The molecular formula is C21H15ClF3N9O. The van der Waals surface area contributed by atoms with Gasteiger partial charge in [-0.05, 0) is 24.6 Å². The minimum Gasteiger partial charge on any atom is -0.320 e. The standard InChI is InChI=1S/C21H15ClF3N9O/c1-2-14-15(10-13(22)19(30-14)34-27-6-7-28-34)31-20(35)12-11-29-33(18(12)21(23,24)25)17-5-3-4-16-26-8-9-32(16)17/h3-11H,2H2,1H3,(H,31,35). The third-order valence-corrected chi connectivity index (χ3v) is 5.41. The van der Waals surface area contributed by atoms with Crippen molar-refractivity contribution in [2.75, 3.05) is 5.32 Å². The van der Waals surface area contributed by atoms with Gasteiger partial charge in [0, 0.05) is 12.4 Å². The highest BCUT2D eigenvalue weighted by atomic mass is 35.5. The molecule has 0 radical (unpaired) electrons. The summed E-state index contributed by atoms with van der Waals surface area (Å²) in [7, 11) is 0. The molecule has 35 heavy (non-hydrogen) atoms. The number of aromatic nitrogens is 8. The number of carbonyl (C=O) groups excluding carboxylic acids is 1. The Balaban J connectivity index is 1.56. The zero-order chi connectivity index (χ0) is 24.7. The fourth-order valence-electron chi connectivity index (χ4n) is 3.62. The van der Waals surface area contributed by atoms with Crippen molar-refractivity contribution < 1.29 is 18.0 Å². The van der Waals surface area contributed by atoms with E-state index in [9.17, 15) is 18.0 Å². The van der Waals surface area contributed by atoms with Gasteiger partial charge in [-0.1, -0.05) is 24.6 Å². The predicted molar refractivity (Wildman–Crippen MR) is 119 cm³/mol. The van der Waals surface area contributed by atoms with Crippen LogP contribution in [-0.2, 0) is 12.6 Å². The van der Waals surface area contributed by atoms with Gasteiger partial charge in [-0.15, -0.1) is 4.80 Å². The van der Waals surface area contributed by atoms with Gasteiger partial charge in [-0.25, -0.2) is 14.6 Å². The zero-order valence-electron chi connectivity index (χ0n) is 17.9. The molecule has 5 rings (SSSR count). The average molecular weight is 502 g/mol. The second-order valence-electron chi connectivity index (χ2n) is 7.27. The van der Waals surface area contributed by atoms with E-state index in [0.717, 1.165) is 6.20 Å². The molecule has 0 atom stereocenters. The molecule has 14 heteroatoms. The Bertz CT molecular complexity index is 1540. The van der Waals surface area contributed by atoms with Crippen LogP contribution in [0, 0.1) is 0 Å². The fraction of sp³-hybridized carbons (Fsp3) is 0.143. The van der Waals surface area contributed by atoms with Gasteiger partial charge in [0.25, 0.3) is 5.91 Å². The molecule has 0 aliphatic heterocycles. The van der Waals surface area contributed by atoms with Gasteiger partial charge in [-0.2, -0.15) is 28.5 Å². The molecule has 1 N–H and O–H groups in total. The Morgan fingerprint density at radius 2 is 1.91 bits per heavy atom. The maximum atomic E-state index is 14.2. The van der Waals surface area contributed by atoms with Crippen molar-refractivity contribution in [2.24, 2.45) is 0 Å². The molecule has 0 spiro atoms. The molecule has 5 aromatic rings. The van der Waals surface area contributed by atoms with Crippen LogP contribution < -0.4 is 5.32 Å². The number of alkyl halides is 3. The van der Waals surface area contributed by atoms with Gasteiger partial charge >= 0.3 is 6.18 Å². The number of hydrogen-bond acceptors (Lipinski definition) is 6. The summed E-state index contributed by atoms with van der Waals surface area (Å²) in [5.74, 6) is -0.718. The van der Waals surface area contributed by atoms with Crippen LogP contribution in [0.15, 0.2) is 55.2 Å². The lowest BCUT2D eigenvalue weighted by atomic mass is 10.2. The topological polar surface area (TPSA) is 108 Å². The van der Waals surface area contributed by atoms with Crippen molar-refractivity contribution >= 4 is 28.8 Å². The van der Waals surface area contributed by atoms with E-state index in [1.807, 2.05) is 0 Å². The molecule has 5 heterocycles. The SMILES string of the molecule is CCc1nc(-n2nccn2)c(Cl)cc1NC(=O)c1cnn(-c2cccc3nccn23)c1C(F)(F)F. The summed E-state index contributed by atoms with van der Waals surface area (Å²) < 4.78 is 44.6. The number of pyridine rings is 2. The quantitative estimate of drug-likeness (QED) is 0.390. The van der Waals surface area contributed by atoms with E-state index in [-0.39, 0.29) is 22.3 Å². The number of nitrogens with one attached hydrogen (secondary N) is 1. The lowest BCUT2D eigenvalue weighted by Crippen LogP contribution is -2.22. The molecule has 0 unspecified atom stereocenters. The largest absolute Gasteiger partial charge is 0.434 e. The van der Waals surface area contributed by atoms with Gasteiger partial charge in [0.05, 0.1) is 40.6 Å². The molecule has 1 amide bonds. The molecule has 10 nitrogen and oxygen atoms in total. The molecule has 178 valence electrons. The van der Waals surface area contributed by atoms with E-state index in [1.54, 1.807) is 19.1 Å². The molecule has 0 bridgehead atoms. The maximum absolute atomic E-state index is 14.2. The van der Waals surface area contributed by atoms with E-state index in [1.165, 1.54) is 46.1 Å². The van der Waals surface area contributed by atoms with Gasteiger partial charge in [0.1, 0.15) is 11.5 Å². The Hall–Kier alpha value is -4.26. The number of nitrogens with zero attached hydrogens (tertiary/aromatic N) is 8. The van der Waals surface area contributed by atoms with Crippen molar-refractivity contribution in [2.45, 2.75) is 19.5 Å². The van der Waals surface area contributed by atoms with E-state index >= 15 is 0 Å². The van der Waals surface area contributed by atoms with E-state index in [2.05, 4.69) is 30.6 Å². The van der Waals surface area contributed by atoms with Crippen molar-refractivity contribution in [3.8, 4) is 11.6 Å². The van der Waals surface area contributed by atoms with Crippen molar-refractivity contribution in [3.05, 3.63) is 77.2 Å². The Morgan fingerprint density at radius 3 is 2.63 bits per heavy atom. The third-order valence-electron chi connectivity index (χ3n) is 5.13. The van der Waals surface area contributed by atoms with Gasteiger partial charge in [0.15, 0.2) is 11.5 Å². The van der Waals surface area contributed by atoms with Gasteiger partial charge in [0.2, 0.25) is 0 Å². The minimum atomic E-state index is -4.88. The van der Waals surface area contributed by atoms with Crippen LogP contribution in [0.25, 0.3) is 17.3 Å². The Labute approximate surface area is 200 Å². The van der Waals surface area contributed by atoms with Crippen LogP contribution in [0.3, 0.4) is 0 Å². The molecule has 0 saturated heterocycles. The van der Waals surface area contributed by atoms with Crippen LogP contribution in [0.4, 0.5) is 18.9 Å². The summed E-state index contributed by atoms with van der Waals surface area (Å²) in [6.45, 7) is 1.77. The smallest absolute Gasteiger partial charge is 0.320 e. The molecule has 0 saturated carbocycles. The highest BCUT2D eigenvalue weighted by molar-refractivity contribution is 6.32. The second-order valence-corrected chi connectivity index (χ2v) is 7.68. The lowest BCUT2D eigenvalue weighted by Gasteiger charge is -2.15. The Kier molecular flexibility index (Phi) is 5.47. The van der Waals surface area contributed by atoms with Crippen molar-refractivity contribution in [3.63, 3.8) is 0 Å². The summed E-state index contributed by atoms with van der Waals surface area (Å²) in [4.78, 5) is 22.7. The molecule has 0 fully saturated rings. The summed E-state index contributed by atoms with van der Waals surface area (Å²) in [5.41, 5.74) is -0.913. The van der Waals surface area contributed by atoms with Crippen LogP contribution in [-0.4, -0.2) is 45.1 Å². The molecule has 0 aromatic carbocycles. The second kappa shape index (κ2) is 8.51. The first-order valence-corrected chi connectivity index (χ1v) is 10.6. The van der Waals surface area contributed by atoms with Crippen molar-refractivity contribution in [1.82, 2.24) is 39.1 Å². The van der Waals surface area contributed by atoms with Crippen LogP contribution in [0.5, 0.6) is 0 Å². The predicted octanol–water partition coefficient (Wildman–Crippen LogP) is 3.98. The summed E-state index contributed by atoms with van der Waals surface area (Å²) in [6, 6.07) is 6.03. The maximum Gasteiger partial charge on any atom is 0.434 e. The molecular weight excluding hydrogens is 487 g/mol. The summed E-state index contributed by atoms with van der Waals surface area (Å²) in [6.07, 6.45) is 2.19. The van der Waals surface area contributed by atoms with Gasteiger partial charge in [-0.3, -0.25) is 9.20 Å². The highest BCUT2D eigenvalue weighted by Crippen LogP contribution is 2.34. The average Bonchev–Trinajstić information content (AvgIpc) is 3.58. The van der Waals surface area contributed by atoms with E-state index in [0.29, 0.717) is 22.4 Å². The number of carbonyl (C=O) groups is 1. The van der Waals surface area contributed by atoms with Crippen LogP contribution >= 0.6 is 11.6 Å². The number of rotatable bonds is 5. The van der Waals surface area contributed by atoms with Crippen LogP contribution in [0.1, 0.15) is 28.7 Å². The lowest BCUT2D eigenvalue weighted by molar-refractivity contribution is -0.143. The number of aryl methyl sites for hydroxylation is 1. The molecule has 0 aliphatic carbocycles.